The van der Waals surface area contributed by atoms with Crippen molar-refractivity contribution in [1.82, 2.24) is 5.06 Å². The standard InChI is InChI=1S/C8H5NO3.3C4H10O.Ti/c10-7-5-3-1-2-4-6(5)8(11)9(7)12;3*1-2-3-4-5;/h1-4,12H;3*5H,2-4H2,1H3;. The fourth-order valence-corrected chi connectivity index (χ4v) is 1.65. The van der Waals surface area contributed by atoms with Crippen LogP contribution in [0.5, 0.6) is 0 Å². The first-order valence-electron chi connectivity index (χ1n) is 9.45. The minimum absolute atomic E-state index is 0. The Morgan fingerprint density at radius 1 is 0.714 bits per heavy atom. The molecule has 0 saturated carbocycles. The molecule has 1 aromatic rings. The van der Waals surface area contributed by atoms with Crippen LogP contribution in [0.1, 0.15) is 80.0 Å². The quantitative estimate of drug-likeness (QED) is 0.311. The number of aliphatic hydroxyl groups excluding tert-OH is 3. The Bertz CT molecular complexity index is 458. The van der Waals surface area contributed by atoms with Crippen LogP contribution in [0.3, 0.4) is 0 Å². The zero-order chi connectivity index (χ0) is 21.1. The Kier molecular flexibility index (Phi) is 25.1. The van der Waals surface area contributed by atoms with Gasteiger partial charge in [-0.3, -0.25) is 14.8 Å². The molecule has 0 saturated heterocycles. The number of imide groups is 1. The van der Waals surface area contributed by atoms with Gasteiger partial charge in [0.15, 0.2) is 0 Å². The van der Waals surface area contributed by atoms with Crippen LogP contribution in [0, 0.1) is 0 Å². The Balaban J connectivity index is -0.000000334. The third-order valence-corrected chi connectivity index (χ3v) is 3.31. The first kappa shape index (κ1) is 31.6. The summed E-state index contributed by atoms with van der Waals surface area (Å²) in [5, 5.41) is 33.3. The summed E-state index contributed by atoms with van der Waals surface area (Å²) in [7, 11) is 0. The molecule has 160 valence electrons. The van der Waals surface area contributed by atoms with Gasteiger partial charge in [0, 0.05) is 41.5 Å². The summed E-state index contributed by atoms with van der Waals surface area (Å²) in [5.41, 5.74) is 0.509. The third kappa shape index (κ3) is 14.0. The molecule has 28 heavy (non-hydrogen) atoms. The molecule has 4 N–H and O–H groups in total. The Morgan fingerprint density at radius 3 is 1.18 bits per heavy atom. The van der Waals surface area contributed by atoms with Crippen LogP contribution in [-0.4, -0.2) is 57.2 Å². The van der Waals surface area contributed by atoms with Gasteiger partial charge in [0.25, 0.3) is 11.8 Å². The van der Waals surface area contributed by atoms with E-state index in [-0.39, 0.29) is 37.9 Å². The number of aliphatic hydroxyl groups is 3. The summed E-state index contributed by atoms with van der Waals surface area (Å²) in [6, 6.07) is 6.30. The normalized spacial score (nSPS) is 11.0. The maximum Gasteiger partial charge on any atom is 0.285 e. The fraction of sp³-hybridized carbons (Fsp3) is 0.600. The molecule has 0 atom stereocenters. The Hall–Kier alpha value is -1.09. The van der Waals surface area contributed by atoms with Gasteiger partial charge in [0.1, 0.15) is 0 Å². The minimum atomic E-state index is -0.657. The monoisotopic (exact) mass is 433 g/mol. The topological polar surface area (TPSA) is 118 Å². The molecular formula is C20H35NO6Ti. The maximum atomic E-state index is 11.1. The summed E-state index contributed by atoms with van der Waals surface area (Å²) >= 11 is 0. The van der Waals surface area contributed by atoms with Crippen molar-refractivity contribution in [2.24, 2.45) is 0 Å². The maximum absolute atomic E-state index is 11.1. The number of unbranched alkanes of at least 4 members (excludes halogenated alkanes) is 3. The van der Waals surface area contributed by atoms with Gasteiger partial charge in [0.2, 0.25) is 0 Å². The predicted molar refractivity (Wildman–Crippen MR) is 105 cm³/mol. The smallest absolute Gasteiger partial charge is 0.285 e. The third-order valence-electron chi connectivity index (χ3n) is 3.31. The molecule has 0 unspecified atom stereocenters. The molecule has 2 rings (SSSR count). The van der Waals surface area contributed by atoms with E-state index in [4.69, 9.17) is 20.5 Å². The van der Waals surface area contributed by atoms with E-state index in [1.807, 2.05) is 0 Å². The van der Waals surface area contributed by atoms with Crippen LogP contribution in [0.25, 0.3) is 0 Å². The number of carbonyl (C=O) groups is 2. The zero-order valence-electron chi connectivity index (χ0n) is 17.2. The van der Waals surface area contributed by atoms with E-state index in [1.54, 1.807) is 12.1 Å². The molecule has 2 amide bonds. The van der Waals surface area contributed by atoms with Gasteiger partial charge < -0.3 is 15.3 Å². The number of nitrogens with zero attached hydrogens (tertiary/aromatic N) is 1. The first-order valence-corrected chi connectivity index (χ1v) is 9.45. The van der Waals surface area contributed by atoms with Gasteiger partial charge in [-0.05, 0) is 31.4 Å². The van der Waals surface area contributed by atoms with E-state index in [2.05, 4.69) is 20.8 Å². The SMILES string of the molecule is CCCCO.CCCCO.CCCCO.O=C1c2ccccc2C(=O)N1O.[Ti]. The van der Waals surface area contributed by atoms with E-state index < -0.39 is 11.8 Å². The van der Waals surface area contributed by atoms with Gasteiger partial charge in [0.05, 0.1) is 11.1 Å². The second-order valence-electron chi connectivity index (χ2n) is 5.70. The predicted octanol–water partition coefficient (Wildman–Crippen LogP) is 3.01. The molecule has 1 aliphatic rings. The van der Waals surface area contributed by atoms with Crippen LogP contribution >= 0.6 is 0 Å². The van der Waals surface area contributed by atoms with Gasteiger partial charge in [-0.1, -0.05) is 52.2 Å². The zero-order valence-corrected chi connectivity index (χ0v) is 18.8. The molecular weight excluding hydrogens is 398 g/mol. The number of fused-ring (bicyclic) bond motifs is 1. The van der Waals surface area contributed by atoms with E-state index in [0.29, 0.717) is 19.8 Å². The van der Waals surface area contributed by atoms with Crippen molar-refractivity contribution in [3.8, 4) is 0 Å². The van der Waals surface area contributed by atoms with Gasteiger partial charge in [-0.15, -0.1) is 5.06 Å². The summed E-state index contributed by atoms with van der Waals surface area (Å²) in [4.78, 5) is 22.1. The van der Waals surface area contributed by atoms with E-state index in [9.17, 15) is 9.59 Å². The van der Waals surface area contributed by atoms with Crippen LogP contribution in [0.4, 0.5) is 0 Å². The van der Waals surface area contributed by atoms with Crippen LogP contribution in [0.15, 0.2) is 24.3 Å². The molecule has 1 heterocycles. The second-order valence-corrected chi connectivity index (χ2v) is 5.70. The molecule has 0 aromatic heterocycles. The van der Waals surface area contributed by atoms with Crippen molar-refractivity contribution in [3.05, 3.63) is 35.4 Å². The number of hydrogen-bond acceptors (Lipinski definition) is 6. The molecule has 0 bridgehead atoms. The van der Waals surface area contributed by atoms with Gasteiger partial charge in [-0.25, -0.2) is 0 Å². The van der Waals surface area contributed by atoms with Crippen LogP contribution < -0.4 is 0 Å². The van der Waals surface area contributed by atoms with Crippen LogP contribution in [-0.2, 0) is 21.7 Å². The summed E-state index contributed by atoms with van der Waals surface area (Å²) < 4.78 is 0. The number of benzene rings is 1. The van der Waals surface area contributed by atoms with Crippen molar-refractivity contribution >= 4 is 11.8 Å². The average molecular weight is 433 g/mol. The molecule has 0 aliphatic carbocycles. The number of rotatable bonds is 6. The molecule has 1 aliphatic heterocycles. The number of hydrogen-bond donors (Lipinski definition) is 4. The van der Waals surface area contributed by atoms with Gasteiger partial charge in [-0.2, -0.15) is 0 Å². The molecule has 0 fully saturated rings. The summed E-state index contributed by atoms with van der Waals surface area (Å²) in [5.74, 6) is -1.31. The first-order chi connectivity index (χ1) is 13.0. The molecule has 1 aromatic carbocycles. The van der Waals surface area contributed by atoms with Crippen LogP contribution in [0.2, 0.25) is 0 Å². The summed E-state index contributed by atoms with van der Waals surface area (Å²) in [6.07, 6.45) is 6.11. The van der Waals surface area contributed by atoms with Crippen molar-refractivity contribution in [2.75, 3.05) is 19.8 Å². The largest absolute Gasteiger partial charge is 0.396 e. The van der Waals surface area contributed by atoms with Crippen molar-refractivity contribution in [2.45, 2.75) is 59.3 Å². The minimum Gasteiger partial charge on any atom is -0.396 e. The molecule has 7 nitrogen and oxygen atoms in total. The summed E-state index contributed by atoms with van der Waals surface area (Å²) in [6.45, 7) is 7.19. The van der Waals surface area contributed by atoms with E-state index in [0.717, 1.165) is 38.5 Å². The average Bonchev–Trinajstić information content (AvgIpc) is 2.90. The van der Waals surface area contributed by atoms with Gasteiger partial charge >= 0.3 is 0 Å². The van der Waals surface area contributed by atoms with Crippen molar-refractivity contribution in [3.63, 3.8) is 0 Å². The number of amides is 2. The van der Waals surface area contributed by atoms with E-state index in [1.165, 1.54) is 12.1 Å². The Morgan fingerprint density at radius 2 is 1.00 bits per heavy atom. The van der Waals surface area contributed by atoms with E-state index >= 15 is 0 Å². The molecule has 8 heteroatoms. The van der Waals surface area contributed by atoms with Crippen molar-refractivity contribution in [1.29, 1.82) is 0 Å². The molecule has 0 spiro atoms. The fourth-order valence-electron chi connectivity index (χ4n) is 1.65. The Labute approximate surface area is 183 Å². The number of carbonyl (C=O) groups excluding carboxylic acids is 2. The number of hydroxylamine groups is 2. The second kappa shape index (κ2) is 22.2. The van der Waals surface area contributed by atoms with Crippen molar-refractivity contribution < 1.29 is 51.8 Å². The molecule has 0 radical (unpaired) electrons.